The van der Waals surface area contributed by atoms with Gasteiger partial charge in [0.15, 0.2) is 0 Å². The smallest absolute Gasteiger partial charge is 0.255 e. The summed E-state index contributed by atoms with van der Waals surface area (Å²) in [4.78, 5) is 24.2. The van der Waals surface area contributed by atoms with Crippen molar-refractivity contribution in [3.05, 3.63) is 107 Å². The number of rotatable bonds is 6. The van der Waals surface area contributed by atoms with Gasteiger partial charge in [0.05, 0.1) is 0 Å². The van der Waals surface area contributed by atoms with Crippen molar-refractivity contribution in [2.24, 2.45) is 0 Å². The number of carbonyl (C=O) groups excluding carboxylic acids is 2. The molecule has 3 aromatic carbocycles. The van der Waals surface area contributed by atoms with Crippen LogP contribution in [0, 0.1) is 5.82 Å². The highest BCUT2D eigenvalue weighted by molar-refractivity contribution is 6.04. The Hall–Kier alpha value is -3.73. The topological polar surface area (TPSA) is 58.2 Å². The number of carbonyl (C=O) groups is 2. The van der Waals surface area contributed by atoms with Crippen LogP contribution in [0.15, 0.2) is 84.9 Å². The van der Waals surface area contributed by atoms with Crippen molar-refractivity contribution in [2.45, 2.75) is 6.54 Å². The first-order chi connectivity index (χ1) is 13.6. The molecule has 3 rings (SSSR count). The second-order valence-corrected chi connectivity index (χ2v) is 6.12. The van der Waals surface area contributed by atoms with Gasteiger partial charge in [0.1, 0.15) is 5.82 Å². The summed E-state index contributed by atoms with van der Waals surface area (Å²) in [5.41, 5.74) is 2.76. The van der Waals surface area contributed by atoms with Crippen LogP contribution in [0.4, 0.5) is 10.1 Å². The molecule has 0 heterocycles. The van der Waals surface area contributed by atoms with Gasteiger partial charge in [0, 0.05) is 23.9 Å². The average Bonchev–Trinajstić information content (AvgIpc) is 2.72. The third-order valence-corrected chi connectivity index (χ3v) is 3.98. The largest absolute Gasteiger partial charge is 0.348 e. The molecule has 3 aromatic rings. The van der Waals surface area contributed by atoms with Crippen LogP contribution in [0.5, 0.6) is 0 Å². The Morgan fingerprint density at radius 2 is 1.64 bits per heavy atom. The molecular formula is C23H19FN2O2. The van der Waals surface area contributed by atoms with E-state index in [1.807, 2.05) is 36.4 Å². The number of amides is 2. The van der Waals surface area contributed by atoms with E-state index in [2.05, 4.69) is 10.6 Å². The summed E-state index contributed by atoms with van der Waals surface area (Å²) in [5, 5.41) is 5.57. The molecule has 0 saturated carbocycles. The Bertz CT molecular complexity index is 983. The highest BCUT2D eigenvalue weighted by Gasteiger charge is 2.07. The Kier molecular flexibility index (Phi) is 6.31. The van der Waals surface area contributed by atoms with Crippen molar-refractivity contribution in [1.82, 2.24) is 5.32 Å². The molecule has 0 bridgehead atoms. The first kappa shape index (κ1) is 19.0. The molecule has 0 aliphatic carbocycles. The SMILES string of the molecule is O=C(C=Cc1ccccc1)NCc1cccc(NC(=O)c2ccc(F)cc2)c1. The molecule has 0 aromatic heterocycles. The van der Waals surface area contributed by atoms with Crippen LogP contribution in [0.25, 0.3) is 6.08 Å². The van der Waals surface area contributed by atoms with Crippen molar-refractivity contribution in [3.63, 3.8) is 0 Å². The maximum absolute atomic E-state index is 13.0. The minimum absolute atomic E-state index is 0.204. The van der Waals surface area contributed by atoms with Crippen molar-refractivity contribution < 1.29 is 14.0 Å². The van der Waals surface area contributed by atoms with Gasteiger partial charge in [-0.05, 0) is 53.6 Å². The number of hydrogen-bond acceptors (Lipinski definition) is 2. The lowest BCUT2D eigenvalue weighted by Gasteiger charge is -2.08. The molecule has 28 heavy (non-hydrogen) atoms. The molecular weight excluding hydrogens is 355 g/mol. The molecule has 5 heteroatoms. The zero-order chi connectivity index (χ0) is 19.8. The van der Waals surface area contributed by atoms with Crippen LogP contribution in [0.1, 0.15) is 21.5 Å². The van der Waals surface area contributed by atoms with Crippen LogP contribution in [-0.4, -0.2) is 11.8 Å². The fourth-order valence-corrected chi connectivity index (χ4v) is 2.55. The molecule has 0 aliphatic rings. The van der Waals surface area contributed by atoms with E-state index in [9.17, 15) is 14.0 Å². The first-order valence-corrected chi connectivity index (χ1v) is 8.77. The van der Waals surface area contributed by atoms with Gasteiger partial charge < -0.3 is 10.6 Å². The molecule has 0 atom stereocenters. The summed E-state index contributed by atoms with van der Waals surface area (Å²) >= 11 is 0. The van der Waals surface area contributed by atoms with Crippen molar-refractivity contribution >= 4 is 23.6 Å². The highest BCUT2D eigenvalue weighted by Crippen LogP contribution is 2.13. The first-order valence-electron chi connectivity index (χ1n) is 8.77. The Balaban J connectivity index is 1.55. The Labute approximate surface area is 162 Å². The van der Waals surface area contributed by atoms with Crippen LogP contribution in [0.3, 0.4) is 0 Å². The second-order valence-electron chi connectivity index (χ2n) is 6.12. The van der Waals surface area contributed by atoms with E-state index >= 15 is 0 Å². The summed E-state index contributed by atoms with van der Waals surface area (Å²) < 4.78 is 13.0. The van der Waals surface area contributed by atoms with Crippen LogP contribution < -0.4 is 10.6 Å². The van der Waals surface area contributed by atoms with Gasteiger partial charge in [-0.3, -0.25) is 9.59 Å². The van der Waals surface area contributed by atoms with E-state index < -0.39 is 5.82 Å². The molecule has 4 nitrogen and oxygen atoms in total. The summed E-state index contributed by atoms with van der Waals surface area (Å²) in [6.07, 6.45) is 3.23. The fraction of sp³-hybridized carbons (Fsp3) is 0.0435. The number of nitrogens with one attached hydrogen (secondary N) is 2. The summed E-state index contributed by atoms with van der Waals surface area (Å²) in [6, 6.07) is 22.1. The van der Waals surface area contributed by atoms with Gasteiger partial charge in [-0.2, -0.15) is 0 Å². The van der Waals surface area contributed by atoms with E-state index in [-0.39, 0.29) is 11.8 Å². The van der Waals surface area contributed by atoms with E-state index in [4.69, 9.17) is 0 Å². The van der Waals surface area contributed by atoms with Crippen LogP contribution in [-0.2, 0) is 11.3 Å². The number of anilines is 1. The van der Waals surface area contributed by atoms with E-state index in [1.165, 1.54) is 30.3 Å². The minimum Gasteiger partial charge on any atom is -0.348 e. The number of halogens is 1. The zero-order valence-corrected chi connectivity index (χ0v) is 15.1. The van der Waals surface area contributed by atoms with Gasteiger partial charge >= 0.3 is 0 Å². The van der Waals surface area contributed by atoms with Crippen LogP contribution >= 0.6 is 0 Å². The fourth-order valence-electron chi connectivity index (χ4n) is 2.55. The number of hydrogen-bond donors (Lipinski definition) is 2. The molecule has 0 saturated heterocycles. The highest BCUT2D eigenvalue weighted by atomic mass is 19.1. The van der Waals surface area contributed by atoms with Gasteiger partial charge in [-0.1, -0.05) is 42.5 Å². The van der Waals surface area contributed by atoms with E-state index in [1.54, 1.807) is 24.3 Å². The van der Waals surface area contributed by atoms with Crippen molar-refractivity contribution in [3.8, 4) is 0 Å². The molecule has 0 unspecified atom stereocenters. The average molecular weight is 374 g/mol. The molecule has 2 N–H and O–H groups in total. The van der Waals surface area contributed by atoms with Gasteiger partial charge in [0.25, 0.3) is 5.91 Å². The molecule has 0 fully saturated rings. The summed E-state index contributed by atoms with van der Waals surface area (Å²) in [5.74, 6) is -0.924. The maximum atomic E-state index is 13.0. The molecule has 140 valence electrons. The van der Waals surface area contributed by atoms with Crippen LogP contribution in [0.2, 0.25) is 0 Å². The lowest BCUT2D eigenvalue weighted by Crippen LogP contribution is -2.20. The molecule has 0 spiro atoms. The Morgan fingerprint density at radius 1 is 0.893 bits per heavy atom. The normalized spacial score (nSPS) is 10.6. The van der Waals surface area contributed by atoms with Crippen molar-refractivity contribution in [2.75, 3.05) is 5.32 Å². The molecule has 2 amide bonds. The maximum Gasteiger partial charge on any atom is 0.255 e. The summed E-state index contributed by atoms with van der Waals surface area (Å²) in [6.45, 7) is 0.332. The predicted octanol–water partition coefficient (Wildman–Crippen LogP) is 4.41. The lowest BCUT2D eigenvalue weighted by atomic mass is 10.1. The molecule has 0 aliphatic heterocycles. The zero-order valence-electron chi connectivity index (χ0n) is 15.1. The Morgan fingerprint density at radius 3 is 2.39 bits per heavy atom. The standard InChI is InChI=1S/C23H19FN2O2/c24-20-12-10-19(11-13-20)23(28)26-21-8-4-7-18(15-21)16-25-22(27)14-9-17-5-2-1-3-6-17/h1-15H,16H2,(H,25,27)(H,26,28). The second kappa shape index (κ2) is 9.28. The molecule has 0 radical (unpaired) electrons. The van der Waals surface area contributed by atoms with E-state index in [0.29, 0.717) is 17.8 Å². The predicted molar refractivity (Wildman–Crippen MR) is 108 cm³/mol. The van der Waals surface area contributed by atoms with Gasteiger partial charge in [-0.25, -0.2) is 4.39 Å². The number of benzene rings is 3. The van der Waals surface area contributed by atoms with Gasteiger partial charge in [0.2, 0.25) is 5.91 Å². The monoisotopic (exact) mass is 374 g/mol. The summed E-state index contributed by atoms with van der Waals surface area (Å²) in [7, 11) is 0. The third-order valence-electron chi connectivity index (χ3n) is 3.98. The third kappa shape index (κ3) is 5.64. The van der Waals surface area contributed by atoms with Crippen molar-refractivity contribution in [1.29, 1.82) is 0 Å². The quantitative estimate of drug-likeness (QED) is 0.628. The van der Waals surface area contributed by atoms with Gasteiger partial charge in [-0.15, -0.1) is 0 Å². The minimum atomic E-state index is -0.393. The van der Waals surface area contributed by atoms with E-state index in [0.717, 1.165) is 11.1 Å². The lowest BCUT2D eigenvalue weighted by molar-refractivity contribution is -0.116.